The van der Waals surface area contributed by atoms with Gasteiger partial charge in [-0.25, -0.2) is 4.57 Å². The monoisotopic (exact) mass is 252 g/mol. The van der Waals surface area contributed by atoms with Crippen LogP contribution < -0.4 is 0 Å². The summed E-state index contributed by atoms with van der Waals surface area (Å²) in [4.78, 5) is 9.35. The van der Waals surface area contributed by atoms with Gasteiger partial charge in [-0.3, -0.25) is 9.05 Å². The van der Waals surface area contributed by atoms with Gasteiger partial charge in [-0.05, 0) is 33.1 Å². The topological polar surface area (TPSA) is 65.0 Å². The van der Waals surface area contributed by atoms with Gasteiger partial charge in [-0.15, -0.1) is 0 Å². The van der Waals surface area contributed by atoms with E-state index >= 15 is 0 Å². The lowest BCUT2D eigenvalue weighted by Crippen LogP contribution is -2.21. The van der Waals surface area contributed by atoms with Crippen LogP contribution in [0.5, 0.6) is 0 Å². The molecule has 1 fully saturated rings. The Kier molecular flexibility index (Phi) is 4.95. The lowest BCUT2D eigenvalue weighted by atomic mass is 10.0. The van der Waals surface area contributed by atoms with E-state index in [0.717, 1.165) is 6.42 Å². The average molecular weight is 252 g/mol. The fourth-order valence-electron chi connectivity index (χ4n) is 1.83. The highest BCUT2D eigenvalue weighted by Crippen LogP contribution is 2.45. The SMILES string of the molecule is CC(C)OP(=O)(O)OC[C@H]1O[C@@H](C)C[C@H]1C. The Labute approximate surface area is 96.7 Å². The summed E-state index contributed by atoms with van der Waals surface area (Å²) in [5.41, 5.74) is 0. The van der Waals surface area contributed by atoms with E-state index in [2.05, 4.69) is 0 Å². The normalized spacial score (nSPS) is 34.2. The molecule has 1 aliphatic rings. The zero-order valence-electron chi connectivity index (χ0n) is 10.3. The van der Waals surface area contributed by atoms with E-state index in [9.17, 15) is 9.46 Å². The van der Waals surface area contributed by atoms with Crippen LogP contribution in [0.4, 0.5) is 0 Å². The molecule has 0 aromatic carbocycles. The molecule has 0 saturated carbocycles. The molecule has 16 heavy (non-hydrogen) atoms. The van der Waals surface area contributed by atoms with Crippen LogP contribution in [0.3, 0.4) is 0 Å². The fourth-order valence-corrected chi connectivity index (χ4v) is 2.76. The number of phosphoric acid groups is 1. The first-order valence-electron chi connectivity index (χ1n) is 5.61. The Hall–Kier alpha value is 0.0700. The van der Waals surface area contributed by atoms with Crippen molar-refractivity contribution in [3.63, 3.8) is 0 Å². The second kappa shape index (κ2) is 5.61. The maximum Gasteiger partial charge on any atom is 0.472 e. The molecule has 96 valence electrons. The summed E-state index contributed by atoms with van der Waals surface area (Å²) < 4.78 is 26.7. The molecule has 6 heteroatoms. The molecule has 0 bridgehead atoms. The fraction of sp³-hybridized carbons (Fsp3) is 1.00. The second-order valence-electron chi connectivity index (χ2n) is 4.62. The first kappa shape index (κ1) is 14.1. The quantitative estimate of drug-likeness (QED) is 0.761. The van der Waals surface area contributed by atoms with Gasteiger partial charge in [0.1, 0.15) is 0 Å². The number of hydrogen-bond acceptors (Lipinski definition) is 4. The van der Waals surface area contributed by atoms with Gasteiger partial charge in [0.15, 0.2) is 0 Å². The number of hydrogen-bond donors (Lipinski definition) is 1. The van der Waals surface area contributed by atoms with Gasteiger partial charge in [-0.1, -0.05) is 6.92 Å². The lowest BCUT2D eigenvalue weighted by Gasteiger charge is -2.19. The van der Waals surface area contributed by atoms with Crippen LogP contribution >= 0.6 is 7.82 Å². The van der Waals surface area contributed by atoms with Gasteiger partial charge in [-0.2, -0.15) is 0 Å². The molecule has 0 aliphatic carbocycles. The predicted molar refractivity (Wildman–Crippen MR) is 60.1 cm³/mol. The maximum atomic E-state index is 11.4. The molecule has 0 aromatic heterocycles. The summed E-state index contributed by atoms with van der Waals surface area (Å²) in [6.45, 7) is 7.50. The van der Waals surface area contributed by atoms with Crippen molar-refractivity contribution in [2.75, 3.05) is 6.61 Å². The third-order valence-electron chi connectivity index (χ3n) is 2.49. The zero-order valence-corrected chi connectivity index (χ0v) is 11.1. The molecule has 1 aliphatic heterocycles. The van der Waals surface area contributed by atoms with Crippen LogP contribution in [-0.4, -0.2) is 29.8 Å². The van der Waals surface area contributed by atoms with E-state index in [1.165, 1.54) is 0 Å². The van der Waals surface area contributed by atoms with E-state index in [-0.39, 0.29) is 24.9 Å². The standard InChI is InChI=1S/C10H21O5P/c1-7(2)15-16(11,12)13-6-10-8(3)5-9(4)14-10/h7-10H,5-6H2,1-4H3,(H,11,12)/t8-,9+,10-/m1/s1. The van der Waals surface area contributed by atoms with Crippen molar-refractivity contribution in [1.82, 2.24) is 0 Å². The van der Waals surface area contributed by atoms with Crippen LogP contribution in [-0.2, 0) is 18.3 Å². The van der Waals surface area contributed by atoms with Gasteiger partial charge < -0.3 is 9.63 Å². The van der Waals surface area contributed by atoms with Crippen LogP contribution in [0.15, 0.2) is 0 Å². The zero-order chi connectivity index (χ0) is 12.3. The van der Waals surface area contributed by atoms with Crippen molar-refractivity contribution < 1.29 is 23.2 Å². The van der Waals surface area contributed by atoms with Gasteiger partial charge >= 0.3 is 7.82 Å². The van der Waals surface area contributed by atoms with Gasteiger partial charge in [0.2, 0.25) is 0 Å². The van der Waals surface area contributed by atoms with E-state index in [0.29, 0.717) is 5.92 Å². The molecule has 5 nitrogen and oxygen atoms in total. The molecule has 1 saturated heterocycles. The molecular formula is C10H21O5P. The minimum absolute atomic E-state index is 0.103. The lowest BCUT2D eigenvalue weighted by molar-refractivity contribution is 0.00245. The highest BCUT2D eigenvalue weighted by Gasteiger charge is 2.32. The van der Waals surface area contributed by atoms with E-state index in [1.54, 1.807) is 13.8 Å². The summed E-state index contributed by atoms with van der Waals surface area (Å²) in [5.74, 6) is 0.342. The molecular weight excluding hydrogens is 231 g/mol. The molecule has 4 atom stereocenters. The molecule has 0 amide bonds. The first-order valence-corrected chi connectivity index (χ1v) is 7.11. The van der Waals surface area contributed by atoms with E-state index < -0.39 is 7.82 Å². The maximum absolute atomic E-state index is 11.4. The average Bonchev–Trinajstić information content (AvgIpc) is 2.39. The number of rotatable bonds is 5. The van der Waals surface area contributed by atoms with E-state index in [4.69, 9.17) is 13.8 Å². The molecule has 1 N–H and O–H groups in total. The van der Waals surface area contributed by atoms with Crippen molar-refractivity contribution in [2.24, 2.45) is 5.92 Å². The minimum atomic E-state index is -3.93. The Morgan fingerprint density at radius 2 is 2.12 bits per heavy atom. The first-order chi connectivity index (χ1) is 7.30. The highest BCUT2D eigenvalue weighted by atomic mass is 31.2. The third kappa shape index (κ3) is 4.52. The van der Waals surface area contributed by atoms with Crippen molar-refractivity contribution in [1.29, 1.82) is 0 Å². The summed E-state index contributed by atoms with van der Waals surface area (Å²) in [6.07, 6.45) is 0.685. The highest BCUT2D eigenvalue weighted by molar-refractivity contribution is 7.47. The summed E-state index contributed by atoms with van der Waals surface area (Å²) in [7, 11) is -3.93. The Morgan fingerprint density at radius 1 is 1.50 bits per heavy atom. The molecule has 0 radical (unpaired) electrons. The Bertz CT molecular complexity index is 268. The van der Waals surface area contributed by atoms with Gasteiger partial charge in [0, 0.05) is 0 Å². The van der Waals surface area contributed by atoms with Crippen molar-refractivity contribution in [2.45, 2.75) is 52.4 Å². The van der Waals surface area contributed by atoms with Crippen LogP contribution in [0.2, 0.25) is 0 Å². The number of ether oxygens (including phenoxy) is 1. The number of phosphoric ester groups is 1. The summed E-state index contributed by atoms with van der Waals surface area (Å²) in [6, 6.07) is 0. The van der Waals surface area contributed by atoms with Crippen molar-refractivity contribution >= 4 is 7.82 Å². The Morgan fingerprint density at radius 3 is 2.56 bits per heavy atom. The summed E-state index contributed by atoms with van der Waals surface area (Å²) >= 11 is 0. The van der Waals surface area contributed by atoms with Crippen LogP contribution in [0.25, 0.3) is 0 Å². The van der Waals surface area contributed by atoms with Gasteiger partial charge in [0.05, 0.1) is 24.9 Å². The summed E-state index contributed by atoms with van der Waals surface area (Å²) in [5, 5.41) is 0. The van der Waals surface area contributed by atoms with Crippen molar-refractivity contribution in [3.05, 3.63) is 0 Å². The van der Waals surface area contributed by atoms with E-state index in [1.807, 2.05) is 13.8 Å². The third-order valence-corrected chi connectivity index (χ3v) is 3.65. The molecule has 1 unspecified atom stereocenters. The van der Waals surface area contributed by atoms with Gasteiger partial charge in [0.25, 0.3) is 0 Å². The molecule has 0 spiro atoms. The Balaban J connectivity index is 2.36. The smallest absolute Gasteiger partial charge is 0.373 e. The molecule has 1 rings (SSSR count). The minimum Gasteiger partial charge on any atom is -0.373 e. The van der Waals surface area contributed by atoms with Crippen LogP contribution in [0.1, 0.15) is 34.1 Å². The molecule has 0 aromatic rings. The van der Waals surface area contributed by atoms with Crippen LogP contribution in [0, 0.1) is 5.92 Å². The largest absolute Gasteiger partial charge is 0.472 e. The second-order valence-corrected chi connectivity index (χ2v) is 6.02. The predicted octanol–water partition coefficient (Wildman–Crippen LogP) is 2.34. The molecule has 1 heterocycles. The van der Waals surface area contributed by atoms with Crippen molar-refractivity contribution in [3.8, 4) is 0 Å².